The first-order valence-corrected chi connectivity index (χ1v) is 10.5. The van der Waals surface area contributed by atoms with Crippen LogP contribution in [0.25, 0.3) is 0 Å². The maximum absolute atomic E-state index is 9.58. The highest BCUT2D eigenvalue weighted by atomic mass is 16.3. The standard InChI is InChI=1S/C19H42N4O4/c1-19(18-27)23-7-3-6-21(13-16-25)9-8-20(12-15-24)4-2-5-22(10-11-23)14-17-26/h19,24-27H,2-18H2,1H3. The van der Waals surface area contributed by atoms with Crippen molar-refractivity contribution in [1.82, 2.24) is 19.6 Å². The molecular formula is C19H42N4O4. The topological polar surface area (TPSA) is 93.9 Å². The van der Waals surface area contributed by atoms with Crippen LogP contribution in [0.5, 0.6) is 0 Å². The van der Waals surface area contributed by atoms with E-state index in [1.165, 1.54) is 0 Å². The second-order valence-electron chi connectivity index (χ2n) is 7.47. The number of rotatable bonds is 8. The Morgan fingerprint density at radius 1 is 0.593 bits per heavy atom. The Balaban J connectivity index is 2.74. The molecule has 27 heavy (non-hydrogen) atoms. The molecule has 1 unspecified atom stereocenters. The molecule has 162 valence electrons. The second kappa shape index (κ2) is 15.6. The van der Waals surface area contributed by atoms with Crippen LogP contribution in [0.1, 0.15) is 19.8 Å². The molecule has 0 spiro atoms. The lowest BCUT2D eigenvalue weighted by atomic mass is 10.2. The van der Waals surface area contributed by atoms with E-state index in [2.05, 4.69) is 26.5 Å². The molecule has 1 rings (SSSR count). The van der Waals surface area contributed by atoms with Crippen molar-refractivity contribution in [3.05, 3.63) is 0 Å². The Bertz CT molecular complexity index is 352. The highest BCUT2D eigenvalue weighted by Crippen LogP contribution is 2.05. The van der Waals surface area contributed by atoms with Gasteiger partial charge in [-0.1, -0.05) is 0 Å². The maximum Gasteiger partial charge on any atom is 0.0584 e. The predicted molar refractivity (Wildman–Crippen MR) is 108 cm³/mol. The summed E-state index contributed by atoms with van der Waals surface area (Å²) in [6.07, 6.45) is 1.99. The largest absolute Gasteiger partial charge is 0.395 e. The molecule has 0 aromatic rings. The number of nitrogens with zero attached hydrogens (tertiary/aromatic N) is 4. The lowest BCUT2D eigenvalue weighted by Gasteiger charge is -2.33. The van der Waals surface area contributed by atoms with E-state index in [0.29, 0.717) is 19.6 Å². The molecule has 0 amide bonds. The van der Waals surface area contributed by atoms with Crippen LogP contribution < -0.4 is 0 Å². The maximum atomic E-state index is 9.58. The summed E-state index contributed by atoms with van der Waals surface area (Å²) in [5.41, 5.74) is 0. The highest BCUT2D eigenvalue weighted by molar-refractivity contribution is 4.72. The van der Waals surface area contributed by atoms with Gasteiger partial charge in [0.15, 0.2) is 0 Å². The van der Waals surface area contributed by atoms with Gasteiger partial charge in [0.25, 0.3) is 0 Å². The summed E-state index contributed by atoms with van der Waals surface area (Å²) in [5.74, 6) is 0. The van der Waals surface area contributed by atoms with Gasteiger partial charge in [0.05, 0.1) is 26.4 Å². The molecule has 0 aliphatic carbocycles. The molecule has 8 heteroatoms. The normalized spacial score (nSPS) is 22.6. The van der Waals surface area contributed by atoms with Crippen LogP contribution >= 0.6 is 0 Å². The van der Waals surface area contributed by atoms with Crippen molar-refractivity contribution in [3.63, 3.8) is 0 Å². The Labute approximate surface area is 165 Å². The third kappa shape index (κ3) is 10.7. The zero-order valence-electron chi connectivity index (χ0n) is 17.2. The molecule has 4 N–H and O–H groups in total. The van der Waals surface area contributed by atoms with Crippen LogP contribution in [0.2, 0.25) is 0 Å². The van der Waals surface area contributed by atoms with E-state index in [1.54, 1.807) is 0 Å². The first kappa shape index (κ1) is 24.7. The van der Waals surface area contributed by atoms with Crippen molar-refractivity contribution in [3.8, 4) is 0 Å². The predicted octanol–water partition coefficient (Wildman–Crippen LogP) is -1.65. The van der Waals surface area contributed by atoms with Gasteiger partial charge in [-0.3, -0.25) is 19.6 Å². The number of hydrogen-bond donors (Lipinski definition) is 4. The Morgan fingerprint density at radius 2 is 1.00 bits per heavy atom. The minimum Gasteiger partial charge on any atom is -0.395 e. The fourth-order valence-corrected chi connectivity index (χ4v) is 3.67. The van der Waals surface area contributed by atoms with Gasteiger partial charge in [0.2, 0.25) is 0 Å². The fraction of sp³-hybridized carbons (Fsp3) is 1.00. The lowest BCUT2D eigenvalue weighted by molar-refractivity contribution is 0.0960. The molecule has 1 saturated heterocycles. The molecule has 1 aliphatic rings. The zero-order valence-corrected chi connectivity index (χ0v) is 17.2. The number of hydrogen-bond acceptors (Lipinski definition) is 8. The van der Waals surface area contributed by atoms with E-state index in [0.717, 1.165) is 65.2 Å². The first-order valence-electron chi connectivity index (χ1n) is 10.5. The van der Waals surface area contributed by atoms with Crippen molar-refractivity contribution in [2.24, 2.45) is 0 Å². The third-order valence-corrected chi connectivity index (χ3v) is 5.44. The third-order valence-electron chi connectivity index (χ3n) is 5.44. The molecule has 0 aromatic heterocycles. The average molecular weight is 391 g/mol. The smallest absolute Gasteiger partial charge is 0.0584 e. The van der Waals surface area contributed by atoms with Crippen molar-refractivity contribution < 1.29 is 20.4 Å². The van der Waals surface area contributed by atoms with Gasteiger partial charge in [0.1, 0.15) is 0 Å². The molecule has 0 bridgehead atoms. The zero-order chi connectivity index (χ0) is 19.9. The van der Waals surface area contributed by atoms with Gasteiger partial charge in [-0.25, -0.2) is 0 Å². The van der Waals surface area contributed by atoms with Crippen molar-refractivity contribution >= 4 is 0 Å². The molecule has 1 atom stereocenters. The second-order valence-corrected chi connectivity index (χ2v) is 7.47. The van der Waals surface area contributed by atoms with Crippen LogP contribution in [-0.2, 0) is 0 Å². The Morgan fingerprint density at radius 3 is 1.41 bits per heavy atom. The van der Waals surface area contributed by atoms with Gasteiger partial charge in [-0.05, 0) is 45.9 Å². The average Bonchev–Trinajstić information content (AvgIpc) is 2.67. The number of aliphatic hydroxyl groups excluding tert-OH is 4. The van der Waals surface area contributed by atoms with Gasteiger partial charge >= 0.3 is 0 Å². The Hall–Kier alpha value is -0.320. The number of aliphatic hydroxyl groups is 4. The molecule has 1 heterocycles. The van der Waals surface area contributed by atoms with Crippen LogP contribution in [0.3, 0.4) is 0 Å². The minimum absolute atomic E-state index is 0.125. The first-order chi connectivity index (χ1) is 13.1. The molecule has 1 aliphatic heterocycles. The van der Waals surface area contributed by atoms with E-state index in [4.69, 9.17) is 0 Å². The van der Waals surface area contributed by atoms with E-state index in [-0.39, 0.29) is 32.5 Å². The summed E-state index contributed by atoms with van der Waals surface area (Å²) in [6, 6.07) is 0.125. The monoisotopic (exact) mass is 390 g/mol. The van der Waals surface area contributed by atoms with Crippen LogP contribution in [0, 0.1) is 0 Å². The fourth-order valence-electron chi connectivity index (χ4n) is 3.67. The van der Waals surface area contributed by atoms with Gasteiger partial charge < -0.3 is 20.4 Å². The minimum atomic E-state index is 0.125. The SMILES string of the molecule is CC(CO)N1CCCN(CCO)CCN(CCO)CCCN(CCO)CC1. The highest BCUT2D eigenvalue weighted by Gasteiger charge is 2.17. The lowest BCUT2D eigenvalue weighted by Crippen LogP contribution is -2.45. The number of β-amino-alcohol motifs (C(OH)–C–C–N with tert-alkyl or cyclic N) is 3. The summed E-state index contributed by atoms with van der Waals surface area (Å²) in [4.78, 5) is 9.19. The molecule has 8 nitrogen and oxygen atoms in total. The van der Waals surface area contributed by atoms with E-state index < -0.39 is 0 Å². The quantitative estimate of drug-likeness (QED) is 0.392. The van der Waals surface area contributed by atoms with Gasteiger partial charge in [0, 0.05) is 51.9 Å². The molecule has 0 aromatic carbocycles. The van der Waals surface area contributed by atoms with E-state index in [9.17, 15) is 20.4 Å². The molecule has 0 radical (unpaired) electrons. The van der Waals surface area contributed by atoms with Crippen molar-refractivity contribution in [1.29, 1.82) is 0 Å². The van der Waals surface area contributed by atoms with E-state index in [1.807, 2.05) is 0 Å². The van der Waals surface area contributed by atoms with E-state index >= 15 is 0 Å². The van der Waals surface area contributed by atoms with Gasteiger partial charge in [-0.15, -0.1) is 0 Å². The summed E-state index contributed by atoms with van der Waals surface area (Å²) in [7, 11) is 0. The molecule has 1 fully saturated rings. The van der Waals surface area contributed by atoms with Crippen LogP contribution in [-0.4, -0.2) is 144 Å². The molecule has 0 saturated carbocycles. The summed E-state index contributed by atoms with van der Waals surface area (Å²) in [5, 5.41) is 37.6. The van der Waals surface area contributed by atoms with Crippen molar-refractivity contribution in [2.45, 2.75) is 25.8 Å². The van der Waals surface area contributed by atoms with Gasteiger partial charge in [-0.2, -0.15) is 0 Å². The Kier molecular flexibility index (Phi) is 14.3. The molecular weight excluding hydrogens is 348 g/mol. The summed E-state index contributed by atoms with van der Waals surface area (Å²) in [6.45, 7) is 11.9. The van der Waals surface area contributed by atoms with Crippen LogP contribution in [0.4, 0.5) is 0 Å². The van der Waals surface area contributed by atoms with Crippen LogP contribution in [0.15, 0.2) is 0 Å². The summed E-state index contributed by atoms with van der Waals surface area (Å²) >= 11 is 0. The summed E-state index contributed by atoms with van der Waals surface area (Å²) < 4.78 is 0. The van der Waals surface area contributed by atoms with Crippen molar-refractivity contribution in [2.75, 3.05) is 98.4 Å².